The molecule has 0 aliphatic heterocycles. The van der Waals surface area contributed by atoms with Crippen molar-refractivity contribution >= 4 is 29.1 Å². The summed E-state index contributed by atoms with van der Waals surface area (Å²) < 4.78 is 0. The van der Waals surface area contributed by atoms with E-state index >= 15 is 0 Å². The summed E-state index contributed by atoms with van der Waals surface area (Å²) in [5.74, 6) is -0.772. The molecule has 0 saturated carbocycles. The van der Waals surface area contributed by atoms with Crippen LogP contribution in [0.25, 0.3) is 0 Å². The number of hydrogen-bond donors (Lipinski definition) is 3. The minimum Gasteiger partial charge on any atom is -0.346 e. The molecule has 2 aromatic rings. The van der Waals surface area contributed by atoms with E-state index in [4.69, 9.17) is 0 Å². The molecule has 152 valence electrons. The van der Waals surface area contributed by atoms with Gasteiger partial charge in [-0.05, 0) is 67.5 Å². The van der Waals surface area contributed by atoms with Crippen LogP contribution in [0.4, 0.5) is 11.4 Å². The summed E-state index contributed by atoms with van der Waals surface area (Å²) >= 11 is 0. The lowest BCUT2D eigenvalue weighted by atomic mass is 9.89. The first kappa shape index (κ1) is 20.6. The van der Waals surface area contributed by atoms with Gasteiger partial charge in [0, 0.05) is 30.8 Å². The van der Waals surface area contributed by atoms with Crippen molar-refractivity contribution in [3.8, 4) is 0 Å². The molecule has 0 unspecified atom stereocenters. The zero-order chi connectivity index (χ0) is 21.0. The molecule has 0 heterocycles. The van der Waals surface area contributed by atoms with Crippen molar-refractivity contribution < 1.29 is 14.4 Å². The summed E-state index contributed by atoms with van der Waals surface area (Å²) in [5, 5.41) is 8.34. The summed E-state index contributed by atoms with van der Waals surface area (Å²) in [6.45, 7) is 4.74. The third kappa shape index (κ3) is 5.44. The number of hydrogen-bond acceptors (Lipinski definition) is 3. The number of carbonyl (C=O) groups excluding carboxylic acids is 3. The van der Waals surface area contributed by atoms with Crippen LogP contribution in [-0.4, -0.2) is 17.7 Å². The number of benzene rings is 2. The average molecular weight is 393 g/mol. The quantitative estimate of drug-likeness (QED) is 0.718. The smallest absolute Gasteiger partial charge is 0.251 e. The largest absolute Gasteiger partial charge is 0.346 e. The molecule has 3 rings (SSSR count). The van der Waals surface area contributed by atoms with Crippen LogP contribution in [0.2, 0.25) is 0 Å². The van der Waals surface area contributed by atoms with E-state index in [0.717, 1.165) is 18.4 Å². The molecule has 1 aliphatic carbocycles. The van der Waals surface area contributed by atoms with Crippen molar-refractivity contribution in [2.45, 2.75) is 52.5 Å². The van der Waals surface area contributed by atoms with E-state index < -0.39 is 0 Å². The highest BCUT2D eigenvalue weighted by atomic mass is 16.2. The molecule has 0 aromatic heterocycles. The molecular formula is C23H27N3O3. The van der Waals surface area contributed by atoms with Gasteiger partial charge in [-0.3, -0.25) is 14.4 Å². The van der Waals surface area contributed by atoms with Gasteiger partial charge in [-0.15, -0.1) is 0 Å². The molecule has 1 aliphatic rings. The third-order valence-corrected chi connectivity index (χ3v) is 5.06. The van der Waals surface area contributed by atoms with Gasteiger partial charge in [0.1, 0.15) is 0 Å². The predicted octanol–water partition coefficient (Wildman–Crippen LogP) is 3.97. The molecule has 3 amide bonds. The molecule has 6 nitrogen and oxygen atoms in total. The number of carbonyl (C=O) groups is 3. The molecule has 0 spiro atoms. The van der Waals surface area contributed by atoms with Gasteiger partial charge in [-0.1, -0.05) is 18.2 Å². The number of rotatable bonds is 5. The van der Waals surface area contributed by atoms with Crippen LogP contribution in [0.5, 0.6) is 0 Å². The zero-order valence-electron chi connectivity index (χ0n) is 17.1. The van der Waals surface area contributed by atoms with Crippen molar-refractivity contribution in [1.82, 2.24) is 5.32 Å². The Morgan fingerprint density at radius 1 is 0.828 bits per heavy atom. The Balaban J connectivity index is 1.79. The van der Waals surface area contributed by atoms with Gasteiger partial charge in [-0.25, -0.2) is 0 Å². The van der Waals surface area contributed by atoms with Crippen LogP contribution in [0.15, 0.2) is 36.4 Å². The first-order valence-electron chi connectivity index (χ1n) is 9.94. The van der Waals surface area contributed by atoms with E-state index in [1.807, 2.05) is 6.92 Å². The molecular weight excluding hydrogens is 366 g/mol. The Hall–Kier alpha value is -3.15. The van der Waals surface area contributed by atoms with E-state index in [0.29, 0.717) is 16.9 Å². The molecule has 1 atom stereocenters. The summed E-state index contributed by atoms with van der Waals surface area (Å²) in [5.41, 5.74) is 5.12. The summed E-state index contributed by atoms with van der Waals surface area (Å²) in [6.07, 6.45) is 4.65. The highest BCUT2D eigenvalue weighted by Gasteiger charge is 2.16. The molecule has 0 radical (unpaired) electrons. The summed E-state index contributed by atoms with van der Waals surface area (Å²) in [6, 6.07) is 11.1. The van der Waals surface area contributed by atoms with Crippen LogP contribution >= 0.6 is 0 Å². The van der Waals surface area contributed by atoms with E-state index in [1.165, 1.54) is 37.8 Å². The van der Waals surface area contributed by atoms with Crippen molar-refractivity contribution in [3.05, 3.63) is 58.7 Å². The maximum Gasteiger partial charge on any atom is 0.251 e. The Bertz CT molecular complexity index is 918. The second kappa shape index (κ2) is 8.90. The van der Waals surface area contributed by atoms with Gasteiger partial charge in [0.2, 0.25) is 11.8 Å². The van der Waals surface area contributed by atoms with Crippen molar-refractivity contribution in [2.24, 2.45) is 0 Å². The van der Waals surface area contributed by atoms with Crippen LogP contribution in [0.1, 0.15) is 66.7 Å². The van der Waals surface area contributed by atoms with E-state index in [9.17, 15) is 14.4 Å². The number of fused-ring (bicyclic) bond motifs is 1. The molecule has 0 bridgehead atoms. The van der Waals surface area contributed by atoms with Crippen LogP contribution in [0.3, 0.4) is 0 Å². The Labute approximate surface area is 171 Å². The fourth-order valence-corrected chi connectivity index (χ4v) is 3.70. The topological polar surface area (TPSA) is 87.3 Å². The molecule has 2 aromatic carbocycles. The lowest BCUT2D eigenvalue weighted by molar-refractivity contribution is -0.115. The van der Waals surface area contributed by atoms with E-state index in [2.05, 4.69) is 34.1 Å². The number of nitrogens with one attached hydrogen (secondary N) is 3. The lowest BCUT2D eigenvalue weighted by Crippen LogP contribution is -2.27. The third-order valence-electron chi connectivity index (χ3n) is 5.06. The minimum atomic E-state index is -0.269. The van der Waals surface area contributed by atoms with E-state index in [-0.39, 0.29) is 23.8 Å². The predicted molar refractivity (Wildman–Crippen MR) is 114 cm³/mol. The Morgan fingerprint density at radius 3 is 2.00 bits per heavy atom. The normalized spacial score (nSPS) is 13.8. The Morgan fingerprint density at radius 2 is 1.41 bits per heavy atom. The summed E-state index contributed by atoms with van der Waals surface area (Å²) in [7, 11) is 0. The van der Waals surface area contributed by atoms with Crippen LogP contribution in [0, 0.1) is 0 Å². The highest BCUT2D eigenvalue weighted by molar-refractivity contribution is 6.00. The number of aryl methyl sites for hydroxylation is 2. The molecule has 3 N–H and O–H groups in total. The van der Waals surface area contributed by atoms with Crippen molar-refractivity contribution in [3.63, 3.8) is 0 Å². The van der Waals surface area contributed by atoms with Crippen molar-refractivity contribution in [1.29, 1.82) is 0 Å². The van der Waals surface area contributed by atoms with Gasteiger partial charge >= 0.3 is 0 Å². The second-order valence-corrected chi connectivity index (χ2v) is 7.59. The van der Waals surface area contributed by atoms with Gasteiger partial charge in [0.25, 0.3) is 5.91 Å². The minimum absolute atomic E-state index is 0.164. The standard InChI is InChI=1S/C23H27N3O3/c1-14(18-9-8-17-6-4-5-7-19(17)10-18)24-23(29)20-11-21(25-15(2)27)13-22(12-20)26-16(3)28/h8-14H,4-7H2,1-3H3,(H,24,29)(H,25,27)(H,26,28)/t14-/m0/s1. The molecule has 6 heteroatoms. The maximum absolute atomic E-state index is 12.9. The average Bonchev–Trinajstić information content (AvgIpc) is 2.66. The summed E-state index contributed by atoms with van der Waals surface area (Å²) in [4.78, 5) is 35.7. The molecule has 0 saturated heterocycles. The first-order chi connectivity index (χ1) is 13.8. The number of anilines is 2. The fraction of sp³-hybridized carbons (Fsp3) is 0.348. The molecule has 29 heavy (non-hydrogen) atoms. The Kier molecular flexibility index (Phi) is 6.32. The second-order valence-electron chi connectivity index (χ2n) is 7.59. The maximum atomic E-state index is 12.9. The van der Waals surface area contributed by atoms with E-state index in [1.54, 1.807) is 18.2 Å². The van der Waals surface area contributed by atoms with Crippen molar-refractivity contribution in [2.75, 3.05) is 10.6 Å². The van der Waals surface area contributed by atoms with Gasteiger partial charge in [0.15, 0.2) is 0 Å². The SMILES string of the molecule is CC(=O)Nc1cc(NC(C)=O)cc(C(=O)N[C@@H](C)c2ccc3c(c2)CCCC3)c1. The molecule has 0 fully saturated rings. The van der Waals surface area contributed by atoms with Crippen LogP contribution in [-0.2, 0) is 22.4 Å². The highest BCUT2D eigenvalue weighted by Crippen LogP contribution is 2.25. The zero-order valence-corrected chi connectivity index (χ0v) is 17.1. The van der Waals surface area contributed by atoms with Gasteiger partial charge < -0.3 is 16.0 Å². The van der Waals surface area contributed by atoms with Gasteiger partial charge in [0.05, 0.1) is 6.04 Å². The van der Waals surface area contributed by atoms with Crippen LogP contribution < -0.4 is 16.0 Å². The first-order valence-corrected chi connectivity index (χ1v) is 9.94. The number of amides is 3. The lowest BCUT2D eigenvalue weighted by Gasteiger charge is -2.20. The van der Waals surface area contributed by atoms with Gasteiger partial charge in [-0.2, -0.15) is 0 Å². The monoisotopic (exact) mass is 393 g/mol. The fourth-order valence-electron chi connectivity index (χ4n) is 3.70.